The summed E-state index contributed by atoms with van der Waals surface area (Å²) in [6, 6.07) is 20.1. The lowest BCUT2D eigenvalue weighted by molar-refractivity contribution is -0.434. The lowest BCUT2D eigenvalue weighted by Crippen LogP contribution is -2.26. The molecule has 1 heterocycles. The van der Waals surface area contributed by atoms with Gasteiger partial charge in [0.1, 0.15) is 6.54 Å². The van der Waals surface area contributed by atoms with Crippen molar-refractivity contribution in [3.05, 3.63) is 83.9 Å². The smallest absolute Gasteiger partial charge is 0.282 e. The Morgan fingerprint density at radius 2 is 1.35 bits per heavy atom. The molecule has 0 saturated carbocycles. The van der Waals surface area contributed by atoms with Crippen LogP contribution in [0.4, 0.5) is 5.69 Å². The Labute approximate surface area is 202 Å². The summed E-state index contributed by atoms with van der Waals surface area (Å²) >= 11 is 0. The van der Waals surface area contributed by atoms with Gasteiger partial charge < -0.3 is 0 Å². The molecule has 1 aliphatic rings. The summed E-state index contributed by atoms with van der Waals surface area (Å²) < 4.78 is 57.5. The number of hydrogen-bond acceptors (Lipinski definition) is 4. The lowest BCUT2D eigenvalue weighted by Gasteiger charge is -2.16. The Morgan fingerprint density at radius 1 is 0.794 bits per heavy atom. The minimum Gasteiger partial charge on any atom is -0.282 e. The van der Waals surface area contributed by atoms with Gasteiger partial charge in [0.2, 0.25) is 15.5 Å². The van der Waals surface area contributed by atoms with E-state index in [1.54, 1.807) is 42.5 Å². The third kappa shape index (κ3) is 4.99. The van der Waals surface area contributed by atoms with E-state index in [9.17, 15) is 16.8 Å². The van der Waals surface area contributed by atoms with Gasteiger partial charge in [-0.2, -0.15) is 13.0 Å². The molecule has 1 aliphatic heterocycles. The first-order chi connectivity index (χ1) is 15.8. The summed E-state index contributed by atoms with van der Waals surface area (Å²) in [5, 5.41) is 0. The largest absolute Gasteiger partial charge is 0.294 e. The van der Waals surface area contributed by atoms with Gasteiger partial charge in [0.05, 0.1) is 20.1 Å². The van der Waals surface area contributed by atoms with Gasteiger partial charge in [0.15, 0.2) is 5.71 Å². The van der Waals surface area contributed by atoms with Gasteiger partial charge in [-0.3, -0.25) is 4.55 Å². The molecular formula is C26H30NO5S2+. The van der Waals surface area contributed by atoms with Crippen LogP contribution in [0.15, 0.2) is 87.5 Å². The Kier molecular flexibility index (Phi) is 7.17. The Bertz CT molecular complexity index is 1440. The third-order valence-electron chi connectivity index (χ3n) is 6.24. The molecule has 4 rings (SSSR count). The lowest BCUT2D eigenvalue weighted by atomic mass is 9.82. The van der Waals surface area contributed by atoms with Crippen LogP contribution in [0.2, 0.25) is 0 Å². The fraction of sp³-hybridized carbons (Fsp3) is 0.269. The van der Waals surface area contributed by atoms with E-state index in [0.717, 1.165) is 23.4 Å². The summed E-state index contributed by atoms with van der Waals surface area (Å²) in [6.07, 6.45) is 0. The molecule has 0 aromatic heterocycles. The molecule has 0 aliphatic carbocycles. The number of benzene rings is 3. The van der Waals surface area contributed by atoms with Gasteiger partial charge in [-0.25, -0.2) is 8.42 Å². The normalized spacial score (nSPS) is 14.9. The standard InChI is InChI=1S/C19H22NO2S.C7H8O3S/c1-5-20-14(2)19(3,4)17-13-16(11-12-18(17)20)23(21,22)15-9-7-6-8-10-15;1-6-2-4-7(5-3-6)11(8,9)10/h6-13H,5H2,1-4H3;2-5H,1H3,(H,8,9,10)/q+1;. The molecule has 3 aromatic rings. The fourth-order valence-electron chi connectivity index (χ4n) is 3.98. The van der Waals surface area contributed by atoms with E-state index < -0.39 is 20.0 Å². The number of hydrogen-bond donors (Lipinski definition) is 1. The topological polar surface area (TPSA) is 91.5 Å². The zero-order valence-corrected chi connectivity index (χ0v) is 21.6. The molecule has 3 aromatic carbocycles. The van der Waals surface area contributed by atoms with Gasteiger partial charge in [-0.1, -0.05) is 35.9 Å². The van der Waals surface area contributed by atoms with Crippen LogP contribution in [0.3, 0.4) is 0 Å². The van der Waals surface area contributed by atoms with Crippen molar-refractivity contribution in [1.82, 2.24) is 0 Å². The summed E-state index contributed by atoms with van der Waals surface area (Å²) in [7, 11) is -7.50. The average molecular weight is 501 g/mol. The summed E-state index contributed by atoms with van der Waals surface area (Å²) in [5.74, 6) is 0. The van der Waals surface area contributed by atoms with Crippen molar-refractivity contribution in [2.24, 2.45) is 0 Å². The number of aryl methyl sites for hydroxylation is 1. The number of fused-ring (bicyclic) bond motifs is 1. The summed E-state index contributed by atoms with van der Waals surface area (Å²) in [5.41, 5.74) is 4.24. The Morgan fingerprint density at radius 3 is 1.88 bits per heavy atom. The molecule has 1 N–H and O–H groups in total. The van der Waals surface area contributed by atoms with Gasteiger partial charge in [-0.05, 0) is 64.1 Å². The highest BCUT2D eigenvalue weighted by molar-refractivity contribution is 7.91. The summed E-state index contributed by atoms with van der Waals surface area (Å²) in [4.78, 5) is 0.633. The second-order valence-electron chi connectivity index (χ2n) is 8.74. The first-order valence-corrected chi connectivity index (χ1v) is 13.8. The van der Waals surface area contributed by atoms with Crippen molar-refractivity contribution in [2.45, 2.75) is 54.7 Å². The minimum absolute atomic E-state index is 0.0666. The maximum atomic E-state index is 12.9. The molecule has 180 valence electrons. The van der Waals surface area contributed by atoms with Gasteiger partial charge >= 0.3 is 0 Å². The molecule has 0 atom stereocenters. The maximum Gasteiger partial charge on any atom is 0.294 e. The van der Waals surface area contributed by atoms with E-state index in [4.69, 9.17) is 4.55 Å². The van der Waals surface area contributed by atoms with Crippen LogP contribution in [0.5, 0.6) is 0 Å². The predicted octanol–water partition coefficient (Wildman–Crippen LogP) is 5.18. The molecular weight excluding hydrogens is 470 g/mol. The average Bonchev–Trinajstić information content (AvgIpc) is 2.99. The molecule has 0 bridgehead atoms. The number of sulfone groups is 1. The van der Waals surface area contributed by atoms with E-state index in [2.05, 4.69) is 32.3 Å². The van der Waals surface area contributed by atoms with Crippen molar-refractivity contribution in [2.75, 3.05) is 6.54 Å². The highest BCUT2D eigenvalue weighted by atomic mass is 32.2. The van der Waals surface area contributed by atoms with Gasteiger partial charge in [0.25, 0.3) is 10.1 Å². The fourth-order valence-corrected chi connectivity index (χ4v) is 5.77. The first kappa shape index (κ1) is 25.8. The van der Waals surface area contributed by atoms with Gasteiger partial charge in [-0.15, -0.1) is 0 Å². The van der Waals surface area contributed by atoms with Crippen LogP contribution >= 0.6 is 0 Å². The Hall–Kier alpha value is -2.81. The van der Waals surface area contributed by atoms with E-state index in [0.29, 0.717) is 9.79 Å². The van der Waals surface area contributed by atoms with E-state index in [1.807, 2.05) is 25.1 Å². The second-order valence-corrected chi connectivity index (χ2v) is 12.1. The highest BCUT2D eigenvalue weighted by Crippen LogP contribution is 2.41. The van der Waals surface area contributed by atoms with Crippen molar-refractivity contribution < 1.29 is 26.0 Å². The Balaban J connectivity index is 0.000000248. The monoisotopic (exact) mass is 500 g/mol. The molecule has 34 heavy (non-hydrogen) atoms. The van der Waals surface area contributed by atoms with Crippen LogP contribution < -0.4 is 0 Å². The van der Waals surface area contributed by atoms with Gasteiger partial charge in [0, 0.05) is 18.6 Å². The second kappa shape index (κ2) is 9.44. The van der Waals surface area contributed by atoms with E-state index in [1.165, 1.54) is 17.8 Å². The molecule has 0 spiro atoms. The zero-order valence-electron chi connectivity index (χ0n) is 20.0. The van der Waals surface area contributed by atoms with Crippen LogP contribution in [0.25, 0.3) is 0 Å². The minimum atomic E-state index is -4.02. The van der Waals surface area contributed by atoms with Crippen molar-refractivity contribution >= 4 is 31.4 Å². The zero-order chi connectivity index (χ0) is 25.3. The van der Waals surface area contributed by atoms with Crippen LogP contribution in [-0.4, -0.2) is 38.2 Å². The molecule has 0 saturated heterocycles. The molecule has 0 unspecified atom stereocenters. The molecule has 0 fully saturated rings. The number of rotatable bonds is 4. The van der Waals surface area contributed by atoms with Crippen molar-refractivity contribution in [3.8, 4) is 0 Å². The predicted molar refractivity (Wildman–Crippen MR) is 133 cm³/mol. The highest BCUT2D eigenvalue weighted by Gasteiger charge is 2.43. The maximum absolute atomic E-state index is 12.9. The quantitative estimate of drug-likeness (QED) is 0.394. The molecule has 0 radical (unpaired) electrons. The van der Waals surface area contributed by atoms with Crippen molar-refractivity contribution in [1.29, 1.82) is 0 Å². The van der Waals surface area contributed by atoms with Crippen LogP contribution in [-0.2, 0) is 25.4 Å². The van der Waals surface area contributed by atoms with Crippen molar-refractivity contribution in [3.63, 3.8) is 0 Å². The van der Waals surface area contributed by atoms with E-state index >= 15 is 0 Å². The first-order valence-electron chi connectivity index (χ1n) is 10.9. The number of nitrogens with zero attached hydrogens (tertiary/aromatic N) is 1. The molecule has 6 nitrogen and oxygen atoms in total. The third-order valence-corrected chi connectivity index (χ3v) is 8.88. The van der Waals surface area contributed by atoms with E-state index in [-0.39, 0.29) is 10.3 Å². The molecule has 8 heteroatoms. The van der Waals surface area contributed by atoms with Crippen LogP contribution in [0.1, 0.15) is 38.8 Å². The summed E-state index contributed by atoms with van der Waals surface area (Å²) in [6.45, 7) is 11.3. The molecule has 0 amide bonds. The SMILES string of the molecule is CC[N+]1=C(C)C(C)(C)c2cc(S(=O)(=O)c3ccccc3)ccc21.Cc1ccc(S(=O)(=O)O)cc1. The van der Waals surface area contributed by atoms with Crippen LogP contribution in [0, 0.1) is 6.92 Å².